The summed E-state index contributed by atoms with van der Waals surface area (Å²) >= 11 is 5.94. The summed E-state index contributed by atoms with van der Waals surface area (Å²) in [6, 6.07) is 15.8. The van der Waals surface area contributed by atoms with Crippen molar-refractivity contribution in [2.75, 3.05) is 30.5 Å². The highest BCUT2D eigenvalue weighted by molar-refractivity contribution is 6.29. The van der Waals surface area contributed by atoms with Crippen LogP contribution in [0.15, 0.2) is 67.3 Å². The summed E-state index contributed by atoms with van der Waals surface area (Å²) in [4.78, 5) is 15.3. The van der Waals surface area contributed by atoms with Crippen LogP contribution in [0.4, 0.5) is 23.1 Å². The van der Waals surface area contributed by atoms with Gasteiger partial charge < -0.3 is 24.3 Å². The van der Waals surface area contributed by atoms with Crippen LogP contribution < -0.4 is 19.7 Å². The van der Waals surface area contributed by atoms with Gasteiger partial charge >= 0.3 is 0 Å². The molecule has 2 aromatic carbocycles. The Kier molecular flexibility index (Phi) is 5.05. The van der Waals surface area contributed by atoms with Gasteiger partial charge in [0.25, 0.3) is 0 Å². The van der Waals surface area contributed by atoms with E-state index in [-0.39, 0.29) is 0 Å². The lowest BCUT2D eigenvalue weighted by Gasteiger charge is -2.30. The lowest BCUT2D eigenvalue weighted by molar-refractivity contribution is 0.310. The summed E-state index contributed by atoms with van der Waals surface area (Å²) in [5.41, 5.74) is 2.67. The van der Waals surface area contributed by atoms with Gasteiger partial charge in [-0.3, -0.25) is 0 Å². The van der Waals surface area contributed by atoms with Crippen molar-refractivity contribution >= 4 is 34.7 Å². The molecule has 0 radical (unpaired) electrons. The van der Waals surface area contributed by atoms with Crippen molar-refractivity contribution in [1.29, 1.82) is 0 Å². The molecule has 0 fully saturated rings. The first-order chi connectivity index (χ1) is 15.2. The minimum Gasteiger partial charge on any atom is -0.494 e. The van der Waals surface area contributed by atoms with Crippen LogP contribution >= 0.6 is 11.6 Å². The molecule has 1 aliphatic rings. The number of fused-ring (bicyclic) bond motifs is 1. The quantitative estimate of drug-likeness (QED) is 0.492. The number of rotatable bonds is 5. The van der Waals surface area contributed by atoms with Gasteiger partial charge in [0, 0.05) is 23.6 Å². The van der Waals surface area contributed by atoms with E-state index in [1.807, 2.05) is 36.4 Å². The monoisotopic (exact) mass is 434 g/mol. The molecule has 31 heavy (non-hydrogen) atoms. The molecular formula is C22H19ClN6O2. The molecule has 5 rings (SSSR count). The van der Waals surface area contributed by atoms with Gasteiger partial charge in [0.1, 0.15) is 23.8 Å². The van der Waals surface area contributed by atoms with E-state index in [4.69, 9.17) is 26.1 Å². The number of hydrogen-bond donors (Lipinski definition) is 1. The molecule has 0 aliphatic carbocycles. The number of methoxy groups -OCH3 is 1. The molecule has 0 atom stereocenters. The molecule has 1 N–H and O–H groups in total. The maximum Gasteiger partial charge on any atom is 0.229 e. The first-order valence-corrected chi connectivity index (χ1v) is 10.1. The average Bonchev–Trinajstić information content (AvgIpc) is 3.25. The fourth-order valence-electron chi connectivity index (χ4n) is 3.46. The second-order valence-electron chi connectivity index (χ2n) is 6.83. The molecule has 1 aliphatic heterocycles. The highest BCUT2D eigenvalue weighted by Gasteiger charge is 2.22. The zero-order valence-corrected chi connectivity index (χ0v) is 17.5. The number of imidazole rings is 1. The van der Waals surface area contributed by atoms with Crippen LogP contribution in [-0.2, 0) is 0 Å². The summed E-state index contributed by atoms with van der Waals surface area (Å²) < 4.78 is 13.1. The van der Waals surface area contributed by atoms with Crippen molar-refractivity contribution in [3.05, 3.63) is 72.4 Å². The molecular weight excluding hydrogens is 416 g/mol. The Labute approximate surface area is 184 Å². The van der Waals surface area contributed by atoms with Gasteiger partial charge in [0.05, 0.1) is 25.5 Å². The van der Waals surface area contributed by atoms with Crippen LogP contribution in [0.1, 0.15) is 0 Å². The van der Waals surface area contributed by atoms with E-state index in [9.17, 15) is 0 Å². The van der Waals surface area contributed by atoms with Gasteiger partial charge in [-0.2, -0.15) is 4.98 Å². The van der Waals surface area contributed by atoms with Gasteiger partial charge in [0.15, 0.2) is 11.6 Å². The lowest BCUT2D eigenvalue weighted by Crippen LogP contribution is -2.29. The standard InChI is InChI=1S/C22H19ClN6O2/c1-30-18-11-15(7-8-17(18)28-13-20(23)25-14-28)26-22-24-12-19-21(27-22)29(9-10-31-19)16-5-3-2-4-6-16/h2-8,11-14H,9-10H2,1H3,(H,24,26,27). The topological polar surface area (TPSA) is 77.3 Å². The minimum absolute atomic E-state index is 0.414. The molecule has 0 bridgehead atoms. The number of halogens is 1. The van der Waals surface area contributed by atoms with Gasteiger partial charge in [-0.05, 0) is 24.3 Å². The lowest BCUT2D eigenvalue weighted by atomic mass is 10.2. The summed E-state index contributed by atoms with van der Waals surface area (Å²) in [5.74, 6) is 2.51. The Balaban J connectivity index is 1.44. The zero-order valence-electron chi connectivity index (χ0n) is 16.7. The molecule has 4 aromatic rings. The second-order valence-corrected chi connectivity index (χ2v) is 7.22. The van der Waals surface area contributed by atoms with Crippen molar-refractivity contribution in [2.45, 2.75) is 0 Å². The Morgan fingerprint density at radius 2 is 2.00 bits per heavy atom. The SMILES string of the molecule is COc1cc(Nc2ncc3c(n2)N(c2ccccc2)CCO3)ccc1-n1cnc(Cl)c1. The predicted molar refractivity (Wildman–Crippen MR) is 119 cm³/mol. The van der Waals surface area contributed by atoms with Crippen LogP contribution in [0, 0.1) is 0 Å². The molecule has 0 saturated heterocycles. The second kappa shape index (κ2) is 8.16. The van der Waals surface area contributed by atoms with Gasteiger partial charge in [-0.15, -0.1) is 0 Å². The fraction of sp³-hybridized carbons (Fsp3) is 0.136. The van der Waals surface area contributed by atoms with Crippen molar-refractivity contribution in [2.24, 2.45) is 0 Å². The number of anilines is 4. The summed E-state index contributed by atoms with van der Waals surface area (Å²) in [6.07, 6.45) is 5.05. The van der Waals surface area contributed by atoms with E-state index in [1.54, 1.807) is 30.4 Å². The molecule has 9 heteroatoms. The number of aromatic nitrogens is 4. The van der Waals surface area contributed by atoms with Crippen LogP contribution in [-0.4, -0.2) is 39.8 Å². The van der Waals surface area contributed by atoms with Crippen molar-refractivity contribution in [1.82, 2.24) is 19.5 Å². The number of hydrogen-bond acceptors (Lipinski definition) is 7. The predicted octanol–water partition coefficient (Wildman–Crippen LogP) is 4.60. The van der Waals surface area contributed by atoms with Gasteiger partial charge in [-0.1, -0.05) is 29.8 Å². The molecule has 156 valence electrons. The van der Waals surface area contributed by atoms with Crippen LogP contribution in [0.2, 0.25) is 5.15 Å². The highest BCUT2D eigenvalue weighted by atomic mass is 35.5. The third kappa shape index (κ3) is 3.85. The Morgan fingerprint density at radius 3 is 2.77 bits per heavy atom. The van der Waals surface area contributed by atoms with Crippen molar-refractivity contribution < 1.29 is 9.47 Å². The molecule has 0 amide bonds. The minimum atomic E-state index is 0.414. The zero-order chi connectivity index (χ0) is 21.2. The first-order valence-electron chi connectivity index (χ1n) is 9.68. The Bertz CT molecular complexity index is 1210. The molecule has 3 heterocycles. The van der Waals surface area contributed by atoms with Crippen LogP contribution in [0.5, 0.6) is 11.5 Å². The van der Waals surface area contributed by atoms with Crippen molar-refractivity contribution in [3.63, 3.8) is 0 Å². The molecule has 8 nitrogen and oxygen atoms in total. The maximum atomic E-state index is 5.94. The summed E-state index contributed by atoms with van der Waals surface area (Å²) in [6.45, 7) is 1.29. The summed E-state index contributed by atoms with van der Waals surface area (Å²) in [7, 11) is 1.62. The van der Waals surface area contributed by atoms with E-state index in [0.717, 1.165) is 22.9 Å². The largest absolute Gasteiger partial charge is 0.494 e. The number of ether oxygens (including phenoxy) is 2. The maximum absolute atomic E-state index is 5.94. The molecule has 0 spiro atoms. The Morgan fingerprint density at radius 1 is 1.13 bits per heavy atom. The molecule has 2 aromatic heterocycles. The van der Waals surface area contributed by atoms with E-state index in [0.29, 0.717) is 35.8 Å². The van der Waals surface area contributed by atoms with Gasteiger partial charge in [0.2, 0.25) is 5.95 Å². The number of nitrogens with one attached hydrogen (secondary N) is 1. The average molecular weight is 435 g/mol. The smallest absolute Gasteiger partial charge is 0.229 e. The third-order valence-electron chi connectivity index (χ3n) is 4.90. The highest BCUT2D eigenvalue weighted by Crippen LogP contribution is 2.35. The van der Waals surface area contributed by atoms with E-state index in [2.05, 4.69) is 32.3 Å². The van der Waals surface area contributed by atoms with E-state index < -0.39 is 0 Å². The van der Waals surface area contributed by atoms with Gasteiger partial charge in [-0.25, -0.2) is 9.97 Å². The third-order valence-corrected chi connectivity index (χ3v) is 5.09. The fourth-order valence-corrected chi connectivity index (χ4v) is 3.61. The van der Waals surface area contributed by atoms with Crippen molar-refractivity contribution in [3.8, 4) is 17.2 Å². The molecule has 0 saturated carbocycles. The summed E-state index contributed by atoms with van der Waals surface area (Å²) in [5, 5.41) is 3.66. The number of benzene rings is 2. The first kappa shape index (κ1) is 19.2. The van der Waals surface area contributed by atoms with Crippen LogP contribution in [0.3, 0.4) is 0 Å². The number of nitrogens with zero attached hydrogens (tertiary/aromatic N) is 5. The molecule has 0 unspecified atom stereocenters. The van der Waals surface area contributed by atoms with Crippen LogP contribution in [0.25, 0.3) is 5.69 Å². The number of para-hydroxylation sites is 1. The Hall–Kier alpha value is -3.78. The van der Waals surface area contributed by atoms with E-state index in [1.165, 1.54) is 0 Å². The van der Waals surface area contributed by atoms with E-state index >= 15 is 0 Å². The normalized spacial score (nSPS) is 12.8.